The molecule has 0 amide bonds. The molecule has 2 N–H and O–H groups in total. The van der Waals surface area contributed by atoms with Crippen molar-refractivity contribution in [3.8, 4) is 0 Å². The number of ketones is 1. The van der Waals surface area contributed by atoms with Gasteiger partial charge in [0, 0.05) is 25.1 Å². The van der Waals surface area contributed by atoms with Crippen molar-refractivity contribution in [3.05, 3.63) is 70.5 Å². The molecule has 0 spiro atoms. The molecule has 138 valence electrons. The summed E-state index contributed by atoms with van der Waals surface area (Å²) in [6.45, 7) is 2.07. The molecule has 5 heteroatoms. The minimum absolute atomic E-state index is 0.00140. The topological polar surface area (TPSA) is 60.8 Å². The van der Waals surface area contributed by atoms with Crippen LogP contribution in [0.4, 0.5) is 4.39 Å². The number of hydrogen-bond donors (Lipinski definition) is 2. The van der Waals surface area contributed by atoms with Crippen molar-refractivity contribution in [1.82, 2.24) is 4.90 Å². The van der Waals surface area contributed by atoms with E-state index in [2.05, 4.69) is 4.90 Å². The molecule has 1 aliphatic heterocycles. The van der Waals surface area contributed by atoms with E-state index in [1.165, 1.54) is 24.3 Å². The molecular formula is C21H24FNO3. The van der Waals surface area contributed by atoms with E-state index in [1.807, 2.05) is 18.2 Å². The van der Waals surface area contributed by atoms with Gasteiger partial charge in [0.15, 0.2) is 5.78 Å². The number of hydrogen-bond acceptors (Lipinski definition) is 4. The fourth-order valence-corrected chi connectivity index (χ4v) is 3.46. The minimum Gasteiger partial charge on any atom is -0.392 e. The van der Waals surface area contributed by atoms with Gasteiger partial charge in [0.25, 0.3) is 0 Å². The van der Waals surface area contributed by atoms with Crippen LogP contribution in [0.3, 0.4) is 0 Å². The van der Waals surface area contributed by atoms with Gasteiger partial charge in [-0.3, -0.25) is 4.79 Å². The van der Waals surface area contributed by atoms with Gasteiger partial charge in [0.2, 0.25) is 0 Å². The van der Waals surface area contributed by atoms with Crippen molar-refractivity contribution in [1.29, 1.82) is 0 Å². The molecule has 26 heavy (non-hydrogen) atoms. The summed E-state index contributed by atoms with van der Waals surface area (Å²) in [4.78, 5) is 14.3. The van der Waals surface area contributed by atoms with Crippen molar-refractivity contribution in [2.24, 2.45) is 0 Å². The predicted molar refractivity (Wildman–Crippen MR) is 97.4 cm³/mol. The summed E-state index contributed by atoms with van der Waals surface area (Å²) in [5, 5.41) is 19.8. The average molecular weight is 357 g/mol. The summed E-state index contributed by atoms with van der Waals surface area (Å²) in [6, 6.07) is 11.3. The Hall–Kier alpha value is -2.08. The molecule has 2 aromatic carbocycles. The first-order valence-corrected chi connectivity index (χ1v) is 8.98. The molecule has 0 radical (unpaired) electrons. The highest BCUT2D eigenvalue weighted by Crippen LogP contribution is 2.25. The Morgan fingerprint density at radius 2 is 1.96 bits per heavy atom. The molecule has 0 fully saturated rings. The number of benzene rings is 2. The fourth-order valence-electron chi connectivity index (χ4n) is 3.46. The number of halogens is 1. The quantitative estimate of drug-likeness (QED) is 0.781. The van der Waals surface area contributed by atoms with Crippen molar-refractivity contribution in [2.45, 2.75) is 32.0 Å². The van der Waals surface area contributed by atoms with Crippen molar-refractivity contribution < 1.29 is 19.4 Å². The van der Waals surface area contributed by atoms with Gasteiger partial charge in [0.05, 0.1) is 12.7 Å². The Labute approximate surface area is 152 Å². The van der Waals surface area contributed by atoms with Crippen LogP contribution >= 0.6 is 0 Å². The summed E-state index contributed by atoms with van der Waals surface area (Å²) in [7, 11) is 0. The van der Waals surface area contributed by atoms with Crippen molar-refractivity contribution in [2.75, 3.05) is 19.6 Å². The highest BCUT2D eigenvalue weighted by Gasteiger charge is 2.21. The average Bonchev–Trinajstić information content (AvgIpc) is 2.80. The number of aliphatic hydroxyl groups is 2. The van der Waals surface area contributed by atoms with Gasteiger partial charge in [-0.15, -0.1) is 0 Å². The van der Waals surface area contributed by atoms with Crippen LogP contribution in [0.1, 0.15) is 46.0 Å². The van der Waals surface area contributed by atoms with Gasteiger partial charge < -0.3 is 15.1 Å². The molecule has 3 rings (SSSR count). The Morgan fingerprint density at radius 3 is 2.69 bits per heavy atom. The summed E-state index contributed by atoms with van der Waals surface area (Å²) in [5.41, 5.74) is 3.39. The third-order valence-corrected chi connectivity index (χ3v) is 4.92. The zero-order valence-electron chi connectivity index (χ0n) is 14.7. The van der Waals surface area contributed by atoms with E-state index >= 15 is 0 Å². The largest absolute Gasteiger partial charge is 0.392 e. The van der Waals surface area contributed by atoms with E-state index in [4.69, 9.17) is 0 Å². The smallest absolute Gasteiger partial charge is 0.162 e. The van der Waals surface area contributed by atoms with Crippen LogP contribution in [-0.4, -0.2) is 40.5 Å². The lowest BCUT2D eigenvalue weighted by atomic mass is 9.99. The minimum atomic E-state index is -0.562. The lowest BCUT2D eigenvalue weighted by Crippen LogP contribution is -2.29. The molecule has 1 unspecified atom stereocenters. The third-order valence-electron chi connectivity index (χ3n) is 4.92. The predicted octanol–water partition coefficient (Wildman–Crippen LogP) is 2.87. The number of rotatable bonds is 6. The normalized spacial score (nSPS) is 17.6. The van der Waals surface area contributed by atoms with Gasteiger partial charge in [-0.1, -0.05) is 18.2 Å². The van der Waals surface area contributed by atoms with Gasteiger partial charge >= 0.3 is 0 Å². The third kappa shape index (κ3) is 4.55. The molecular weight excluding hydrogens is 333 g/mol. The standard InChI is InChI=1S/C21H24FNO3/c22-18-6-4-16(5-7-18)20(25)2-1-10-23-11-9-17-12-15(14-24)3-8-19(17)21(26)13-23/h3-8,12,21,24,26H,1-2,9-11,13-14H2. The van der Waals surface area contributed by atoms with Gasteiger partial charge in [-0.05, 0) is 60.3 Å². The number of fused-ring (bicyclic) bond motifs is 1. The number of carbonyl (C=O) groups is 1. The number of β-amino-alcohol motifs (C(OH)–C–C–N with tert-alkyl or cyclic N) is 1. The van der Waals surface area contributed by atoms with Crippen LogP contribution in [0.2, 0.25) is 0 Å². The zero-order chi connectivity index (χ0) is 18.5. The molecule has 0 saturated carbocycles. The summed E-state index contributed by atoms with van der Waals surface area (Å²) in [5.74, 6) is -0.333. The fraction of sp³-hybridized carbons (Fsp3) is 0.381. The van der Waals surface area contributed by atoms with Crippen LogP contribution < -0.4 is 0 Å². The SMILES string of the molecule is O=C(CCCN1CCc2cc(CO)ccc2C(O)C1)c1ccc(F)cc1. The summed E-state index contributed by atoms with van der Waals surface area (Å²) < 4.78 is 12.9. The van der Waals surface area contributed by atoms with Gasteiger partial charge in [-0.2, -0.15) is 0 Å². The number of aliphatic hydroxyl groups excluding tert-OH is 2. The second-order valence-electron chi connectivity index (χ2n) is 6.79. The number of Topliss-reactive ketones (excluding diaryl/α,β-unsaturated/α-hetero) is 1. The van der Waals surface area contributed by atoms with E-state index in [0.29, 0.717) is 24.9 Å². The van der Waals surface area contributed by atoms with Crippen LogP contribution in [-0.2, 0) is 13.0 Å². The van der Waals surface area contributed by atoms with E-state index < -0.39 is 6.10 Å². The van der Waals surface area contributed by atoms with Crippen LogP contribution in [0, 0.1) is 5.82 Å². The second kappa shape index (κ2) is 8.54. The Balaban J connectivity index is 1.53. The van der Waals surface area contributed by atoms with E-state index in [9.17, 15) is 19.4 Å². The molecule has 0 aliphatic carbocycles. The number of carbonyl (C=O) groups excluding carboxylic acids is 1. The maximum absolute atomic E-state index is 12.9. The highest BCUT2D eigenvalue weighted by molar-refractivity contribution is 5.95. The monoisotopic (exact) mass is 357 g/mol. The first-order valence-electron chi connectivity index (χ1n) is 8.98. The lowest BCUT2D eigenvalue weighted by molar-refractivity contribution is 0.0962. The van der Waals surface area contributed by atoms with Crippen LogP contribution in [0.25, 0.3) is 0 Å². The summed E-state index contributed by atoms with van der Waals surface area (Å²) >= 11 is 0. The first-order chi connectivity index (χ1) is 12.6. The van der Waals surface area contributed by atoms with Crippen LogP contribution in [0.15, 0.2) is 42.5 Å². The van der Waals surface area contributed by atoms with Crippen LogP contribution in [0.5, 0.6) is 0 Å². The molecule has 1 heterocycles. The Morgan fingerprint density at radius 1 is 1.19 bits per heavy atom. The highest BCUT2D eigenvalue weighted by atomic mass is 19.1. The molecule has 0 bridgehead atoms. The molecule has 0 aromatic heterocycles. The molecule has 1 aliphatic rings. The number of nitrogens with zero attached hydrogens (tertiary/aromatic N) is 1. The maximum atomic E-state index is 12.9. The molecule has 4 nitrogen and oxygen atoms in total. The molecule has 2 aromatic rings. The summed E-state index contributed by atoms with van der Waals surface area (Å²) in [6.07, 6.45) is 1.35. The van der Waals surface area contributed by atoms with E-state index in [1.54, 1.807) is 0 Å². The zero-order valence-corrected chi connectivity index (χ0v) is 14.7. The van der Waals surface area contributed by atoms with Gasteiger partial charge in [0.1, 0.15) is 5.82 Å². The Kier molecular flexibility index (Phi) is 6.14. The molecule has 0 saturated heterocycles. The van der Waals surface area contributed by atoms with Crippen molar-refractivity contribution in [3.63, 3.8) is 0 Å². The molecule has 1 atom stereocenters. The Bertz CT molecular complexity index is 760. The first kappa shape index (κ1) is 18.7. The van der Waals surface area contributed by atoms with Gasteiger partial charge in [-0.25, -0.2) is 4.39 Å². The van der Waals surface area contributed by atoms with E-state index in [0.717, 1.165) is 36.2 Å². The lowest BCUT2D eigenvalue weighted by Gasteiger charge is -2.21. The van der Waals surface area contributed by atoms with E-state index in [-0.39, 0.29) is 18.2 Å². The second-order valence-corrected chi connectivity index (χ2v) is 6.79. The maximum Gasteiger partial charge on any atom is 0.162 e. The van der Waals surface area contributed by atoms with Crippen molar-refractivity contribution >= 4 is 5.78 Å².